The fraction of sp³-hybridized carbons (Fsp3) is 0.136. The van der Waals surface area contributed by atoms with Crippen molar-refractivity contribution in [3.63, 3.8) is 0 Å². The van der Waals surface area contributed by atoms with Crippen molar-refractivity contribution in [3.8, 4) is 5.95 Å². The lowest BCUT2D eigenvalue weighted by atomic mass is 10.1. The molecule has 158 valence electrons. The van der Waals surface area contributed by atoms with E-state index in [1.54, 1.807) is 16.7 Å². The monoisotopic (exact) mass is 435 g/mol. The maximum absolute atomic E-state index is 12.3. The highest BCUT2D eigenvalue weighted by atomic mass is 32.2. The van der Waals surface area contributed by atoms with Crippen LogP contribution in [0.2, 0.25) is 0 Å². The molecule has 1 amide bonds. The van der Waals surface area contributed by atoms with Crippen molar-refractivity contribution < 1.29 is 13.2 Å². The number of hydrogen-bond acceptors (Lipinski definition) is 6. The Balaban J connectivity index is 1.84. The molecule has 0 aliphatic rings. The van der Waals surface area contributed by atoms with Gasteiger partial charge in [0.15, 0.2) is 15.7 Å². The fourth-order valence-corrected chi connectivity index (χ4v) is 4.21. The summed E-state index contributed by atoms with van der Waals surface area (Å²) in [6.07, 6.45) is 2.42. The summed E-state index contributed by atoms with van der Waals surface area (Å²) in [5, 5.41) is 3.80. The van der Waals surface area contributed by atoms with E-state index in [-0.39, 0.29) is 16.7 Å². The number of carbonyl (C=O) groups is 1. The van der Waals surface area contributed by atoms with Crippen molar-refractivity contribution >= 4 is 32.5 Å². The Morgan fingerprint density at radius 2 is 1.87 bits per heavy atom. The Kier molecular flexibility index (Phi) is 5.20. The molecule has 4 rings (SSSR count). The first-order valence-electron chi connectivity index (χ1n) is 9.52. The zero-order valence-electron chi connectivity index (χ0n) is 17.0. The lowest BCUT2D eigenvalue weighted by Gasteiger charge is -2.13. The number of benzene rings is 2. The predicted octanol–water partition coefficient (Wildman–Crippen LogP) is 2.84. The number of aromatic nitrogens is 3. The van der Waals surface area contributed by atoms with Gasteiger partial charge < -0.3 is 11.1 Å². The number of aryl methyl sites for hydroxylation is 1. The lowest BCUT2D eigenvalue weighted by molar-refractivity contribution is 0.100. The Morgan fingerprint density at radius 1 is 1.13 bits per heavy atom. The average Bonchev–Trinajstić information content (AvgIpc) is 3.07. The van der Waals surface area contributed by atoms with E-state index >= 15 is 0 Å². The van der Waals surface area contributed by atoms with Crippen LogP contribution in [0.1, 0.15) is 21.6 Å². The van der Waals surface area contributed by atoms with Crippen LogP contribution in [0.15, 0.2) is 65.7 Å². The Bertz CT molecular complexity index is 1400. The molecule has 0 saturated carbocycles. The van der Waals surface area contributed by atoms with Crippen LogP contribution in [0.3, 0.4) is 0 Å². The van der Waals surface area contributed by atoms with Gasteiger partial charge in [-0.1, -0.05) is 36.4 Å². The van der Waals surface area contributed by atoms with Gasteiger partial charge in [0.25, 0.3) is 0 Å². The molecular weight excluding hydrogens is 414 g/mol. The number of nitrogens with two attached hydrogens (primary N) is 1. The standard InChI is InChI=1S/C22H21N5O3S/c1-14-11-17-16(20(23)28)9-6-10-18(17)27(14)22-25-13-19(31(2,29)30)21(26-22)24-12-15-7-4-3-5-8-15/h3-11,13H,12H2,1-2H3,(H2,23,28)(H,24,25,26). The van der Waals surface area contributed by atoms with E-state index in [1.165, 1.54) is 6.20 Å². The fourth-order valence-electron chi connectivity index (χ4n) is 3.49. The van der Waals surface area contributed by atoms with Crippen LogP contribution in [-0.2, 0) is 16.4 Å². The Morgan fingerprint density at radius 3 is 2.55 bits per heavy atom. The number of carbonyl (C=O) groups excluding carboxylic acids is 1. The van der Waals surface area contributed by atoms with E-state index in [0.29, 0.717) is 23.0 Å². The molecule has 0 unspecified atom stereocenters. The van der Waals surface area contributed by atoms with Crippen LogP contribution in [0, 0.1) is 6.92 Å². The van der Waals surface area contributed by atoms with Gasteiger partial charge in [-0.2, -0.15) is 4.98 Å². The molecule has 0 fully saturated rings. The van der Waals surface area contributed by atoms with E-state index in [9.17, 15) is 13.2 Å². The molecule has 31 heavy (non-hydrogen) atoms. The molecule has 2 aromatic carbocycles. The van der Waals surface area contributed by atoms with E-state index < -0.39 is 15.7 Å². The number of primary amides is 1. The van der Waals surface area contributed by atoms with Gasteiger partial charge >= 0.3 is 0 Å². The summed E-state index contributed by atoms with van der Waals surface area (Å²) in [5.74, 6) is -0.0259. The number of fused-ring (bicyclic) bond motifs is 1. The molecule has 0 aliphatic heterocycles. The van der Waals surface area contributed by atoms with Crippen LogP contribution < -0.4 is 11.1 Å². The number of amides is 1. The molecule has 2 aromatic heterocycles. The molecule has 0 aliphatic carbocycles. The summed E-state index contributed by atoms with van der Waals surface area (Å²) in [4.78, 5) is 20.7. The number of nitrogens with one attached hydrogen (secondary N) is 1. The van der Waals surface area contributed by atoms with E-state index in [1.807, 2.05) is 49.4 Å². The summed E-state index contributed by atoms with van der Waals surface area (Å²) < 4.78 is 26.3. The smallest absolute Gasteiger partial charge is 0.249 e. The molecule has 0 atom stereocenters. The quantitative estimate of drug-likeness (QED) is 0.481. The highest BCUT2D eigenvalue weighted by Crippen LogP contribution is 2.27. The largest absolute Gasteiger partial charge is 0.366 e. The number of nitrogens with zero attached hydrogens (tertiary/aromatic N) is 3. The van der Waals surface area contributed by atoms with Crippen molar-refractivity contribution in [3.05, 3.63) is 77.6 Å². The highest BCUT2D eigenvalue weighted by molar-refractivity contribution is 7.90. The van der Waals surface area contributed by atoms with Gasteiger partial charge in [-0.15, -0.1) is 0 Å². The molecule has 0 spiro atoms. The number of hydrogen-bond donors (Lipinski definition) is 2. The normalized spacial score (nSPS) is 11.5. The third kappa shape index (κ3) is 3.99. The van der Waals surface area contributed by atoms with Gasteiger partial charge in [0.1, 0.15) is 4.90 Å². The third-order valence-corrected chi connectivity index (χ3v) is 6.04. The first kappa shape index (κ1) is 20.5. The molecule has 8 nitrogen and oxygen atoms in total. The van der Waals surface area contributed by atoms with Crippen molar-refractivity contribution in [2.24, 2.45) is 5.73 Å². The Labute approximate surface area is 179 Å². The minimum Gasteiger partial charge on any atom is -0.366 e. The number of anilines is 1. The molecule has 9 heteroatoms. The molecule has 0 saturated heterocycles. The minimum atomic E-state index is -3.55. The minimum absolute atomic E-state index is 0.0131. The predicted molar refractivity (Wildman–Crippen MR) is 119 cm³/mol. The van der Waals surface area contributed by atoms with Crippen molar-refractivity contribution in [1.29, 1.82) is 0 Å². The molecule has 3 N–H and O–H groups in total. The molecule has 0 bridgehead atoms. The SMILES string of the molecule is Cc1cc2c(C(N)=O)cccc2n1-c1ncc(S(C)(=O)=O)c(NCc2ccccc2)n1. The van der Waals surface area contributed by atoms with Crippen molar-refractivity contribution in [1.82, 2.24) is 14.5 Å². The highest BCUT2D eigenvalue weighted by Gasteiger charge is 2.20. The van der Waals surface area contributed by atoms with Gasteiger partial charge in [-0.25, -0.2) is 13.4 Å². The Hall–Kier alpha value is -3.72. The maximum Gasteiger partial charge on any atom is 0.249 e. The topological polar surface area (TPSA) is 120 Å². The first-order chi connectivity index (χ1) is 14.8. The van der Waals surface area contributed by atoms with E-state index in [2.05, 4.69) is 15.3 Å². The summed E-state index contributed by atoms with van der Waals surface area (Å²) >= 11 is 0. The van der Waals surface area contributed by atoms with Gasteiger partial charge in [-0.3, -0.25) is 9.36 Å². The number of rotatable bonds is 6. The van der Waals surface area contributed by atoms with Gasteiger partial charge in [-0.05, 0) is 30.7 Å². The van der Waals surface area contributed by atoms with Crippen LogP contribution in [0.5, 0.6) is 0 Å². The summed E-state index contributed by atoms with van der Waals surface area (Å²) in [7, 11) is -3.55. The van der Waals surface area contributed by atoms with Gasteiger partial charge in [0, 0.05) is 29.4 Å². The van der Waals surface area contributed by atoms with E-state index in [0.717, 1.165) is 17.5 Å². The second-order valence-corrected chi connectivity index (χ2v) is 9.20. The molecule has 0 radical (unpaired) electrons. The molecule has 2 heterocycles. The third-order valence-electron chi connectivity index (χ3n) is 4.94. The molecule has 4 aromatic rings. The summed E-state index contributed by atoms with van der Waals surface area (Å²) in [6, 6.07) is 16.7. The van der Waals surface area contributed by atoms with Crippen LogP contribution >= 0.6 is 0 Å². The van der Waals surface area contributed by atoms with Gasteiger partial charge in [0.2, 0.25) is 11.9 Å². The maximum atomic E-state index is 12.3. The average molecular weight is 436 g/mol. The first-order valence-corrected chi connectivity index (χ1v) is 11.4. The lowest BCUT2D eigenvalue weighted by Crippen LogP contribution is -2.13. The van der Waals surface area contributed by atoms with Crippen LogP contribution in [0.25, 0.3) is 16.9 Å². The summed E-state index contributed by atoms with van der Waals surface area (Å²) in [6.45, 7) is 2.26. The zero-order chi connectivity index (χ0) is 22.2. The van der Waals surface area contributed by atoms with Crippen molar-refractivity contribution in [2.45, 2.75) is 18.4 Å². The molecular formula is C22H21N5O3S. The van der Waals surface area contributed by atoms with Crippen LogP contribution in [-0.4, -0.2) is 35.1 Å². The van der Waals surface area contributed by atoms with E-state index in [4.69, 9.17) is 5.73 Å². The zero-order valence-corrected chi connectivity index (χ0v) is 17.8. The van der Waals surface area contributed by atoms with Crippen LogP contribution in [0.4, 0.5) is 5.82 Å². The summed E-state index contributed by atoms with van der Waals surface area (Å²) in [5.41, 5.74) is 8.37. The number of sulfone groups is 1. The second kappa shape index (κ2) is 7.84. The van der Waals surface area contributed by atoms with Gasteiger partial charge in [0.05, 0.1) is 11.7 Å². The van der Waals surface area contributed by atoms with Crippen molar-refractivity contribution in [2.75, 3.05) is 11.6 Å². The second-order valence-electron chi connectivity index (χ2n) is 7.22.